The van der Waals surface area contributed by atoms with Crippen LogP contribution in [0, 0.1) is 0 Å². The van der Waals surface area contributed by atoms with Crippen LogP contribution in [0.3, 0.4) is 0 Å². The van der Waals surface area contributed by atoms with E-state index in [1.807, 2.05) is 11.5 Å². The summed E-state index contributed by atoms with van der Waals surface area (Å²) in [4.78, 5) is 12.6. The van der Waals surface area contributed by atoms with E-state index in [9.17, 15) is 5.11 Å². The fourth-order valence-electron chi connectivity index (χ4n) is 1.88. The molecule has 0 aliphatic rings. The van der Waals surface area contributed by atoms with Gasteiger partial charge in [0.1, 0.15) is 5.52 Å². The molecule has 0 radical (unpaired) electrons. The second-order valence-electron chi connectivity index (χ2n) is 4.69. The van der Waals surface area contributed by atoms with Crippen LogP contribution in [0.4, 0.5) is 5.82 Å². The molecule has 1 unspecified atom stereocenters. The van der Waals surface area contributed by atoms with Gasteiger partial charge in [-0.2, -0.15) is 9.97 Å². The zero-order chi connectivity index (χ0) is 14.0. The summed E-state index contributed by atoms with van der Waals surface area (Å²) in [5, 5.41) is 12.6. The monoisotopic (exact) mass is 283 g/mol. The average molecular weight is 284 g/mol. The quantitative estimate of drug-likeness (QED) is 0.823. The largest absolute Gasteiger partial charge is 0.394 e. The summed E-state index contributed by atoms with van der Waals surface area (Å²) in [5.74, 6) is 0.613. The van der Waals surface area contributed by atoms with Crippen molar-refractivity contribution < 1.29 is 5.11 Å². The molecule has 19 heavy (non-hydrogen) atoms. The van der Waals surface area contributed by atoms with Gasteiger partial charge in [0.2, 0.25) is 5.28 Å². The first-order chi connectivity index (χ1) is 9.06. The summed E-state index contributed by atoms with van der Waals surface area (Å²) < 4.78 is 1.98. The van der Waals surface area contributed by atoms with Gasteiger partial charge in [-0.3, -0.25) is 0 Å². The molecule has 0 saturated carbocycles. The number of aliphatic hydroxyl groups is 1. The van der Waals surface area contributed by atoms with E-state index in [1.165, 1.54) is 0 Å². The molecular formula is C12H18ClN5O. The lowest BCUT2D eigenvalue weighted by molar-refractivity contribution is 0.271. The Balaban J connectivity index is 2.53. The van der Waals surface area contributed by atoms with Crippen LogP contribution < -0.4 is 5.32 Å². The summed E-state index contributed by atoms with van der Waals surface area (Å²) >= 11 is 5.91. The Bertz CT molecular complexity index is 564. The molecule has 0 saturated heterocycles. The van der Waals surface area contributed by atoms with E-state index >= 15 is 0 Å². The molecule has 1 atom stereocenters. The van der Waals surface area contributed by atoms with Crippen LogP contribution in [0.15, 0.2) is 6.33 Å². The molecule has 0 aliphatic heterocycles. The topological polar surface area (TPSA) is 75.9 Å². The molecule has 104 valence electrons. The predicted molar refractivity (Wildman–Crippen MR) is 75.5 cm³/mol. The Labute approximate surface area is 116 Å². The fraction of sp³-hybridized carbons (Fsp3) is 0.583. The smallest absolute Gasteiger partial charge is 0.226 e. The Hall–Kier alpha value is -1.40. The number of hydrogen-bond acceptors (Lipinski definition) is 5. The molecular weight excluding hydrogens is 266 g/mol. The molecule has 7 heteroatoms. The van der Waals surface area contributed by atoms with E-state index in [1.54, 1.807) is 6.33 Å². The number of nitrogens with one attached hydrogen (secondary N) is 1. The zero-order valence-corrected chi connectivity index (χ0v) is 12.0. The van der Waals surface area contributed by atoms with Gasteiger partial charge in [0.15, 0.2) is 11.5 Å². The van der Waals surface area contributed by atoms with Crippen molar-refractivity contribution in [1.82, 2.24) is 19.5 Å². The van der Waals surface area contributed by atoms with E-state index in [-0.39, 0.29) is 24.0 Å². The summed E-state index contributed by atoms with van der Waals surface area (Å²) in [5.41, 5.74) is 1.37. The highest BCUT2D eigenvalue weighted by Gasteiger charge is 2.16. The minimum absolute atomic E-state index is 0.0371. The summed E-state index contributed by atoms with van der Waals surface area (Å²) in [6.45, 7) is 6.15. The molecule has 0 fully saturated rings. The SMILES string of the molecule is CCC(CO)Nc1nc(Cl)nc2ncn(C(C)C)c12. The Morgan fingerprint density at radius 1 is 1.42 bits per heavy atom. The fourth-order valence-corrected chi connectivity index (χ4v) is 2.05. The molecule has 2 N–H and O–H groups in total. The molecule has 6 nitrogen and oxygen atoms in total. The Kier molecular flexibility index (Phi) is 4.21. The van der Waals surface area contributed by atoms with Gasteiger partial charge in [-0.1, -0.05) is 6.92 Å². The first-order valence-corrected chi connectivity index (χ1v) is 6.72. The Morgan fingerprint density at radius 2 is 2.16 bits per heavy atom. The van der Waals surface area contributed by atoms with Crippen LogP contribution in [0.2, 0.25) is 5.28 Å². The number of rotatable bonds is 5. The van der Waals surface area contributed by atoms with E-state index in [2.05, 4.69) is 34.1 Å². The van der Waals surface area contributed by atoms with Crippen LogP contribution in [0.5, 0.6) is 0 Å². The third kappa shape index (κ3) is 2.79. The van der Waals surface area contributed by atoms with Gasteiger partial charge in [-0.05, 0) is 31.9 Å². The minimum atomic E-state index is -0.0651. The van der Waals surface area contributed by atoms with E-state index in [0.717, 1.165) is 11.9 Å². The maximum Gasteiger partial charge on any atom is 0.226 e. The Morgan fingerprint density at radius 3 is 2.74 bits per heavy atom. The lowest BCUT2D eigenvalue weighted by atomic mass is 10.2. The van der Waals surface area contributed by atoms with Gasteiger partial charge >= 0.3 is 0 Å². The first kappa shape index (κ1) is 14.0. The first-order valence-electron chi connectivity index (χ1n) is 6.34. The highest BCUT2D eigenvalue weighted by Crippen LogP contribution is 2.25. The van der Waals surface area contributed by atoms with Gasteiger partial charge in [0.05, 0.1) is 19.0 Å². The van der Waals surface area contributed by atoms with Crippen molar-refractivity contribution in [2.45, 2.75) is 39.3 Å². The summed E-state index contributed by atoms with van der Waals surface area (Å²) in [6, 6.07) is 0.175. The van der Waals surface area contributed by atoms with Gasteiger partial charge in [-0.15, -0.1) is 0 Å². The maximum atomic E-state index is 9.30. The molecule has 0 aliphatic carbocycles. The normalized spacial score (nSPS) is 13.2. The predicted octanol–water partition coefficient (Wildman–Crippen LogP) is 2.24. The second-order valence-corrected chi connectivity index (χ2v) is 5.03. The van der Waals surface area contributed by atoms with Gasteiger partial charge in [0.25, 0.3) is 0 Å². The van der Waals surface area contributed by atoms with Gasteiger partial charge < -0.3 is 15.0 Å². The van der Waals surface area contributed by atoms with E-state index in [0.29, 0.717) is 11.5 Å². The van der Waals surface area contributed by atoms with Crippen molar-refractivity contribution in [3.63, 3.8) is 0 Å². The average Bonchev–Trinajstić information content (AvgIpc) is 2.79. The molecule has 0 aromatic carbocycles. The molecule has 2 aromatic rings. The van der Waals surface area contributed by atoms with Crippen LogP contribution in [-0.4, -0.2) is 37.3 Å². The second kappa shape index (κ2) is 5.71. The number of nitrogens with zero attached hydrogens (tertiary/aromatic N) is 4. The molecule has 0 spiro atoms. The molecule has 2 heterocycles. The van der Waals surface area contributed by atoms with Crippen molar-refractivity contribution in [2.75, 3.05) is 11.9 Å². The number of aromatic nitrogens is 4. The number of fused-ring (bicyclic) bond motifs is 1. The van der Waals surface area contributed by atoms with E-state index in [4.69, 9.17) is 11.6 Å². The van der Waals surface area contributed by atoms with Crippen molar-refractivity contribution >= 4 is 28.6 Å². The van der Waals surface area contributed by atoms with Crippen molar-refractivity contribution in [3.05, 3.63) is 11.6 Å². The number of aliphatic hydroxyl groups excluding tert-OH is 1. The number of hydrogen-bond donors (Lipinski definition) is 2. The molecule has 2 rings (SSSR count). The molecule has 2 aromatic heterocycles. The van der Waals surface area contributed by atoms with Crippen LogP contribution in [0.25, 0.3) is 11.2 Å². The highest BCUT2D eigenvalue weighted by molar-refractivity contribution is 6.28. The third-order valence-electron chi connectivity index (χ3n) is 3.01. The lowest BCUT2D eigenvalue weighted by Crippen LogP contribution is -2.24. The third-order valence-corrected chi connectivity index (χ3v) is 3.18. The summed E-state index contributed by atoms with van der Waals surface area (Å²) in [7, 11) is 0. The van der Waals surface area contributed by atoms with Gasteiger partial charge in [0, 0.05) is 6.04 Å². The molecule has 0 amide bonds. The van der Waals surface area contributed by atoms with Gasteiger partial charge in [-0.25, -0.2) is 4.98 Å². The van der Waals surface area contributed by atoms with Crippen LogP contribution in [0.1, 0.15) is 33.2 Å². The molecule has 0 bridgehead atoms. The highest BCUT2D eigenvalue weighted by atomic mass is 35.5. The summed E-state index contributed by atoms with van der Waals surface area (Å²) in [6.07, 6.45) is 2.51. The van der Waals surface area contributed by atoms with Crippen LogP contribution in [-0.2, 0) is 0 Å². The standard InChI is InChI=1S/C12H18ClN5O/c1-4-8(5-19)15-11-9-10(16-12(13)17-11)14-6-18(9)7(2)3/h6-8,19H,4-5H2,1-3H3,(H,15,16,17). The van der Waals surface area contributed by atoms with Crippen molar-refractivity contribution in [1.29, 1.82) is 0 Å². The number of halogens is 1. The lowest BCUT2D eigenvalue weighted by Gasteiger charge is -2.17. The van der Waals surface area contributed by atoms with E-state index < -0.39 is 0 Å². The zero-order valence-electron chi connectivity index (χ0n) is 11.3. The number of anilines is 1. The number of imidazole rings is 1. The minimum Gasteiger partial charge on any atom is -0.394 e. The van der Waals surface area contributed by atoms with Crippen molar-refractivity contribution in [3.8, 4) is 0 Å². The maximum absolute atomic E-state index is 9.30. The van der Waals surface area contributed by atoms with Crippen molar-refractivity contribution in [2.24, 2.45) is 0 Å². The van der Waals surface area contributed by atoms with Crippen LogP contribution >= 0.6 is 11.6 Å².